The van der Waals surface area contributed by atoms with Gasteiger partial charge < -0.3 is 19.5 Å². The number of methoxy groups -OCH3 is 1. The molecule has 150 valence electrons. The average Bonchev–Trinajstić information content (AvgIpc) is 2.67. The van der Waals surface area contributed by atoms with Gasteiger partial charge in [0.2, 0.25) is 5.91 Å². The molecule has 0 heterocycles. The Bertz CT molecular complexity index is 794. The lowest BCUT2D eigenvalue weighted by Gasteiger charge is -2.10. The van der Waals surface area contributed by atoms with Crippen LogP contribution in [0.1, 0.15) is 30.0 Å². The van der Waals surface area contributed by atoms with E-state index in [0.717, 1.165) is 28.9 Å². The van der Waals surface area contributed by atoms with Crippen molar-refractivity contribution in [3.8, 4) is 17.2 Å². The number of hydrogen-bond acceptors (Lipinski definition) is 4. The summed E-state index contributed by atoms with van der Waals surface area (Å²) in [6, 6.07) is 11.6. The normalized spacial score (nSPS) is 10.7. The van der Waals surface area contributed by atoms with Gasteiger partial charge in [-0.1, -0.05) is 19.1 Å². The van der Waals surface area contributed by atoms with E-state index in [2.05, 4.69) is 18.3 Å². The van der Waals surface area contributed by atoms with Gasteiger partial charge in [-0.15, -0.1) is 0 Å². The summed E-state index contributed by atoms with van der Waals surface area (Å²) in [5, 5.41) is 2.81. The number of rotatable bonds is 10. The number of amides is 1. The highest BCUT2D eigenvalue weighted by Gasteiger charge is 2.05. The van der Waals surface area contributed by atoms with Crippen LogP contribution in [0.5, 0.6) is 17.2 Å². The van der Waals surface area contributed by atoms with Crippen molar-refractivity contribution in [2.24, 2.45) is 0 Å². The van der Waals surface area contributed by atoms with Crippen LogP contribution in [-0.4, -0.2) is 32.8 Å². The minimum Gasteiger partial charge on any atom is -0.493 e. The average molecular weight is 383 g/mol. The molecule has 5 heteroatoms. The third-order valence-corrected chi connectivity index (χ3v) is 3.94. The second-order valence-electron chi connectivity index (χ2n) is 6.55. The third-order valence-electron chi connectivity index (χ3n) is 3.94. The number of nitrogens with one attached hydrogen (secondary N) is 1. The highest BCUT2D eigenvalue weighted by molar-refractivity contribution is 5.91. The van der Waals surface area contributed by atoms with Crippen molar-refractivity contribution in [1.82, 2.24) is 5.32 Å². The Hall–Kier alpha value is -2.95. The lowest BCUT2D eigenvalue weighted by atomic mass is 10.1. The number of carbonyl (C=O) groups is 1. The molecule has 0 unspecified atom stereocenters. The summed E-state index contributed by atoms with van der Waals surface area (Å²) < 4.78 is 16.7. The molecular weight excluding hydrogens is 354 g/mol. The first-order chi connectivity index (χ1) is 13.5. The second-order valence-corrected chi connectivity index (χ2v) is 6.55. The van der Waals surface area contributed by atoms with Gasteiger partial charge in [-0.3, -0.25) is 4.79 Å². The summed E-state index contributed by atoms with van der Waals surface area (Å²) in [6.45, 7) is 7.60. The zero-order valence-electron chi connectivity index (χ0n) is 17.1. The minimum absolute atomic E-state index is 0.172. The molecule has 0 fully saturated rings. The van der Waals surface area contributed by atoms with Crippen molar-refractivity contribution in [3.05, 3.63) is 59.2 Å². The number of benzene rings is 2. The van der Waals surface area contributed by atoms with Crippen molar-refractivity contribution in [3.63, 3.8) is 0 Å². The Morgan fingerprint density at radius 3 is 2.43 bits per heavy atom. The van der Waals surface area contributed by atoms with Crippen LogP contribution in [0.15, 0.2) is 42.5 Å². The van der Waals surface area contributed by atoms with E-state index < -0.39 is 0 Å². The van der Waals surface area contributed by atoms with Crippen molar-refractivity contribution in [2.45, 2.75) is 27.2 Å². The molecule has 2 aromatic rings. The molecule has 28 heavy (non-hydrogen) atoms. The molecule has 0 saturated carbocycles. The lowest BCUT2D eigenvalue weighted by molar-refractivity contribution is -0.116. The minimum atomic E-state index is -0.172. The van der Waals surface area contributed by atoms with Crippen molar-refractivity contribution in [2.75, 3.05) is 26.9 Å². The Kier molecular flexibility index (Phi) is 8.40. The number of carbonyl (C=O) groups excluding carboxylic acids is 1. The Morgan fingerprint density at radius 1 is 1.00 bits per heavy atom. The van der Waals surface area contributed by atoms with Crippen LogP contribution in [0.2, 0.25) is 0 Å². The fraction of sp³-hybridized carbons (Fsp3) is 0.348. The smallest absolute Gasteiger partial charge is 0.244 e. The van der Waals surface area contributed by atoms with E-state index in [-0.39, 0.29) is 5.91 Å². The molecular formula is C23H29NO4. The van der Waals surface area contributed by atoms with E-state index in [1.165, 1.54) is 6.08 Å². The molecule has 5 nitrogen and oxygen atoms in total. The molecule has 0 radical (unpaired) electrons. The maximum Gasteiger partial charge on any atom is 0.244 e. The van der Waals surface area contributed by atoms with Crippen LogP contribution in [0, 0.1) is 13.8 Å². The standard InChI is InChI=1S/C23H29NO4/c1-5-11-28-21-8-6-19(16-22(21)26-4)7-9-23(25)24-10-12-27-20-14-17(2)13-18(3)15-20/h6-9,13-16H,5,10-12H2,1-4H3,(H,24,25)/b9-7+. The third kappa shape index (κ3) is 6.99. The maximum atomic E-state index is 12.0. The molecule has 0 aliphatic carbocycles. The molecule has 1 amide bonds. The van der Waals surface area contributed by atoms with Gasteiger partial charge in [0.1, 0.15) is 12.4 Å². The molecule has 1 N–H and O–H groups in total. The summed E-state index contributed by atoms with van der Waals surface area (Å²) >= 11 is 0. The highest BCUT2D eigenvalue weighted by Crippen LogP contribution is 2.28. The van der Waals surface area contributed by atoms with Gasteiger partial charge in [0.05, 0.1) is 20.3 Å². The summed E-state index contributed by atoms with van der Waals surface area (Å²) in [7, 11) is 1.60. The first-order valence-corrected chi connectivity index (χ1v) is 9.49. The van der Waals surface area contributed by atoms with Gasteiger partial charge in [0.15, 0.2) is 11.5 Å². The topological polar surface area (TPSA) is 56.8 Å². The van der Waals surface area contributed by atoms with Crippen molar-refractivity contribution >= 4 is 12.0 Å². The molecule has 0 atom stereocenters. The van der Waals surface area contributed by atoms with Gasteiger partial charge in [-0.05, 0) is 67.3 Å². The molecule has 0 spiro atoms. The monoisotopic (exact) mass is 383 g/mol. The van der Waals surface area contributed by atoms with Crippen LogP contribution >= 0.6 is 0 Å². The van der Waals surface area contributed by atoms with E-state index in [0.29, 0.717) is 31.3 Å². The van der Waals surface area contributed by atoms with Gasteiger partial charge >= 0.3 is 0 Å². The van der Waals surface area contributed by atoms with Crippen molar-refractivity contribution < 1.29 is 19.0 Å². The molecule has 0 aliphatic heterocycles. The summed E-state index contributed by atoms with van der Waals surface area (Å²) in [6.07, 6.45) is 4.17. The van der Waals surface area contributed by atoms with Gasteiger partial charge in [-0.2, -0.15) is 0 Å². The maximum absolute atomic E-state index is 12.0. The van der Waals surface area contributed by atoms with Crippen LogP contribution in [0.3, 0.4) is 0 Å². The van der Waals surface area contributed by atoms with Crippen molar-refractivity contribution in [1.29, 1.82) is 0 Å². The predicted octanol–water partition coefficient (Wildman–Crippen LogP) is 4.31. The van der Waals surface area contributed by atoms with E-state index >= 15 is 0 Å². The largest absolute Gasteiger partial charge is 0.493 e. The zero-order valence-corrected chi connectivity index (χ0v) is 17.1. The number of aryl methyl sites for hydroxylation is 2. The Balaban J connectivity index is 1.81. The molecule has 2 aromatic carbocycles. The van der Waals surface area contributed by atoms with E-state index in [1.807, 2.05) is 44.2 Å². The van der Waals surface area contributed by atoms with Gasteiger partial charge in [-0.25, -0.2) is 0 Å². The lowest BCUT2D eigenvalue weighted by Crippen LogP contribution is -2.26. The molecule has 0 aliphatic rings. The molecule has 2 rings (SSSR count). The second kappa shape index (κ2) is 11.0. The Labute approximate surface area is 167 Å². The fourth-order valence-corrected chi connectivity index (χ4v) is 2.71. The van der Waals surface area contributed by atoms with Crippen LogP contribution in [-0.2, 0) is 4.79 Å². The number of ether oxygens (including phenoxy) is 3. The number of hydrogen-bond donors (Lipinski definition) is 1. The predicted molar refractivity (Wildman–Crippen MR) is 112 cm³/mol. The highest BCUT2D eigenvalue weighted by atomic mass is 16.5. The van der Waals surface area contributed by atoms with Gasteiger partial charge in [0, 0.05) is 6.08 Å². The van der Waals surface area contributed by atoms with Gasteiger partial charge in [0.25, 0.3) is 0 Å². The molecule has 0 aromatic heterocycles. The first kappa shape index (κ1) is 21.4. The van der Waals surface area contributed by atoms with Crippen LogP contribution in [0.4, 0.5) is 0 Å². The van der Waals surface area contributed by atoms with E-state index in [9.17, 15) is 4.79 Å². The quantitative estimate of drug-likeness (QED) is 0.491. The SMILES string of the molecule is CCCOc1ccc(/C=C/C(=O)NCCOc2cc(C)cc(C)c2)cc1OC. The summed E-state index contributed by atoms with van der Waals surface area (Å²) in [4.78, 5) is 12.0. The van der Waals surface area contributed by atoms with E-state index in [4.69, 9.17) is 14.2 Å². The van der Waals surface area contributed by atoms with Crippen LogP contribution in [0.25, 0.3) is 6.08 Å². The summed E-state index contributed by atoms with van der Waals surface area (Å²) in [5.74, 6) is 2.00. The molecule has 0 saturated heterocycles. The zero-order chi connectivity index (χ0) is 20.4. The van der Waals surface area contributed by atoms with E-state index in [1.54, 1.807) is 13.2 Å². The first-order valence-electron chi connectivity index (χ1n) is 9.49. The fourth-order valence-electron chi connectivity index (χ4n) is 2.71. The molecule has 0 bridgehead atoms. The van der Waals surface area contributed by atoms with Crippen LogP contribution < -0.4 is 19.5 Å². The Morgan fingerprint density at radius 2 is 1.75 bits per heavy atom. The summed E-state index contributed by atoms with van der Waals surface area (Å²) in [5.41, 5.74) is 3.18.